The van der Waals surface area contributed by atoms with Crippen molar-refractivity contribution in [2.24, 2.45) is 5.73 Å². The van der Waals surface area contributed by atoms with Crippen molar-refractivity contribution in [2.45, 2.75) is 32.2 Å². The van der Waals surface area contributed by atoms with E-state index in [9.17, 15) is 9.59 Å². The summed E-state index contributed by atoms with van der Waals surface area (Å²) in [6.45, 7) is 3.04. The number of rotatable bonds is 5. The Bertz CT molecular complexity index is 258. The van der Waals surface area contributed by atoms with Gasteiger partial charge in [-0.2, -0.15) is 0 Å². The third-order valence-electron chi connectivity index (χ3n) is 2.60. The van der Waals surface area contributed by atoms with Gasteiger partial charge in [-0.1, -0.05) is 0 Å². The zero-order chi connectivity index (χ0) is 12.0. The van der Waals surface area contributed by atoms with E-state index in [2.05, 4.69) is 5.48 Å². The molecule has 0 aromatic carbocycles. The van der Waals surface area contributed by atoms with Gasteiger partial charge in [0.1, 0.15) is 6.04 Å². The van der Waals surface area contributed by atoms with E-state index in [1.807, 2.05) is 6.92 Å². The molecule has 0 bridgehead atoms. The fraction of sp³-hybridized carbons (Fsp3) is 0.800. The molecule has 16 heavy (non-hydrogen) atoms. The van der Waals surface area contributed by atoms with E-state index in [0.29, 0.717) is 25.9 Å². The van der Waals surface area contributed by atoms with Crippen LogP contribution >= 0.6 is 0 Å². The first kappa shape index (κ1) is 12.9. The Labute approximate surface area is 95.1 Å². The van der Waals surface area contributed by atoms with Crippen LogP contribution in [0.4, 0.5) is 0 Å². The molecule has 0 radical (unpaired) electrons. The molecule has 6 heteroatoms. The molecule has 1 heterocycles. The van der Waals surface area contributed by atoms with Crippen LogP contribution in [0.15, 0.2) is 0 Å². The molecule has 1 fully saturated rings. The van der Waals surface area contributed by atoms with Crippen LogP contribution in [0.1, 0.15) is 26.2 Å². The highest BCUT2D eigenvalue weighted by Gasteiger charge is 2.31. The first-order valence-electron chi connectivity index (χ1n) is 5.61. The van der Waals surface area contributed by atoms with E-state index in [1.54, 1.807) is 4.90 Å². The molecule has 0 unspecified atom stereocenters. The van der Waals surface area contributed by atoms with Gasteiger partial charge in [0.05, 0.1) is 6.61 Å². The van der Waals surface area contributed by atoms with Crippen molar-refractivity contribution in [2.75, 3.05) is 19.7 Å². The largest absolute Gasteiger partial charge is 0.331 e. The number of nitrogens with zero attached hydrogens (tertiary/aromatic N) is 1. The molecule has 0 spiro atoms. The van der Waals surface area contributed by atoms with Crippen molar-refractivity contribution in [1.29, 1.82) is 0 Å². The number of carbonyl (C=O) groups excluding carboxylic acids is 2. The van der Waals surface area contributed by atoms with Gasteiger partial charge in [-0.05, 0) is 19.8 Å². The van der Waals surface area contributed by atoms with Crippen LogP contribution in [0.25, 0.3) is 0 Å². The maximum Gasteiger partial charge on any atom is 0.266 e. The maximum absolute atomic E-state index is 11.7. The highest BCUT2D eigenvalue weighted by molar-refractivity contribution is 5.88. The average Bonchev–Trinajstić information content (AvgIpc) is 2.29. The van der Waals surface area contributed by atoms with E-state index in [1.165, 1.54) is 0 Å². The van der Waals surface area contributed by atoms with Crippen LogP contribution in [0.3, 0.4) is 0 Å². The summed E-state index contributed by atoms with van der Waals surface area (Å²) in [5, 5.41) is 0. The smallest absolute Gasteiger partial charge is 0.266 e. The third-order valence-corrected chi connectivity index (χ3v) is 2.60. The Morgan fingerprint density at radius 1 is 1.69 bits per heavy atom. The summed E-state index contributed by atoms with van der Waals surface area (Å²) in [5.41, 5.74) is 7.55. The molecule has 0 aromatic heterocycles. The Hall–Kier alpha value is -1.14. The summed E-state index contributed by atoms with van der Waals surface area (Å²) >= 11 is 0. The molecule has 0 aromatic rings. The second-order valence-electron chi connectivity index (χ2n) is 3.69. The van der Waals surface area contributed by atoms with Crippen LogP contribution in [0, 0.1) is 0 Å². The van der Waals surface area contributed by atoms with Gasteiger partial charge in [0, 0.05) is 19.5 Å². The molecule has 0 aliphatic carbocycles. The van der Waals surface area contributed by atoms with Gasteiger partial charge < -0.3 is 10.6 Å². The number of likely N-dealkylation sites (N-methyl/N-ethyl adjacent to an activating group) is 1. The summed E-state index contributed by atoms with van der Waals surface area (Å²) < 4.78 is 0. The number of amides is 2. The van der Waals surface area contributed by atoms with Gasteiger partial charge >= 0.3 is 0 Å². The lowest BCUT2D eigenvalue weighted by Crippen LogP contribution is -2.51. The van der Waals surface area contributed by atoms with Crippen molar-refractivity contribution in [3.8, 4) is 0 Å². The summed E-state index contributed by atoms with van der Waals surface area (Å²) in [4.78, 5) is 29.7. The minimum absolute atomic E-state index is 0.0349. The van der Waals surface area contributed by atoms with E-state index >= 15 is 0 Å². The Balaban J connectivity index is 2.48. The van der Waals surface area contributed by atoms with Crippen molar-refractivity contribution >= 4 is 11.8 Å². The molecular formula is C10H19N3O3. The average molecular weight is 229 g/mol. The quantitative estimate of drug-likeness (QED) is 0.486. The zero-order valence-electron chi connectivity index (χ0n) is 9.57. The Morgan fingerprint density at radius 3 is 3.06 bits per heavy atom. The lowest BCUT2D eigenvalue weighted by atomic mass is 10.0. The van der Waals surface area contributed by atoms with Crippen LogP contribution in [-0.2, 0) is 14.4 Å². The highest BCUT2D eigenvalue weighted by Crippen LogP contribution is 2.17. The number of nitrogens with one attached hydrogen (secondary N) is 1. The molecule has 1 rings (SSSR count). The minimum atomic E-state index is -0.399. The number of likely N-dealkylation sites (tertiary alicyclic amines) is 1. The topological polar surface area (TPSA) is 84.7 Å². The monoisotopic (exact) mass is 229 g/mol. The zero-order valence-corrected chi connectivity index (χ0v) is 9.57. The molecule has 6 nitrogen and oxygen atoms in total. The summed E-state index contributed by atoms with van der Waals surface area (Å²) in [5.74, 6) is -0.226. The molecule has 2 amide bonds. The third kappa shape index (κ3) is 3.18. The summed E-state index contributed by atoms with van der Waals surface area (Å²) in [6, 6.07) is -0.399. The van der Waals surface area contributed by atoms with Gasteiger partial charge in [-0.15, -0.1) is 0 Å². The number of hydroxylamine groups is 1. The second kappa shape index (κ2) is 6.44. The molecule has 1 atom stereocenters. The first-order valence-corrected chi connectivity index (χ1v) is 5.61. The Morgan fingerprint density at radius 2 is 2.44 bits per heavy atom. The van der Waals surface area contributed by atoms with Gasteiger partial charge in [0.2, 0.25) is 5.91 Å². The number of hydrogen-bond donors (Lipinski definition) is 2. The molecule has 3 N–H and O–H groups in total. The number of hydrogen-bond acceptors (Lipinski definition) is 4. The first-order chi connectivity index (χ1) is 7.70. The molecule has 1 saturated heterocycles. The van der Waals surface area contributed by atoms with Gasteiger partial charge in [-0.3, -0.25) is 14.4 Å². The van der Waals surface area contributed by atoms with E-state index in [4.69, 9.17) is 10.6 Å². The molecular weight excluding hydrogens is 210 g/mol. The fourth-order valence-electron chi connectivity index (χ4n) is 1.84. The van der Waals surface area contributed by atoms with Crippen molar-refractivity contribution < 1.29 is 14.4 Å². The van der Waals surface area contributed by atoms with E-state index in [0.717, 1.165) is 6.42 Å². The van der Waals surface area contributed by atoms with Crippen LogP contribution in [0.2, 0.25) is 0 Å². The maximum atomic E-state index is 11.7. The summed E-state index contributed by atoms with van der Waals surface area (Å²) in [6.07, 6.45) is 1.98. The lowest BCUT2D eigenvalue weighted by Gasteiger charge is -2.33. The van der Waals surface area contributed by atoms with Gasteiger partial charge in [-0.25, -0.2) is 5.48 Å². The number of carbonyl (C=O) groups is 2. The second-order valence-corrected chi connectivity index (χ2v) is 3.69. The van der Waals surface area contributed by atoms with Crippen molar-refractivity contribution in [3.05, 3.63) is 0 Å². The van der Waals surface area contributed by atoms with Crippen molar-refractivity contribution in [1.82, 2.24) is 10.4 Å². The molecule has 0 saturated carbocycles. The predicted octanol–water partition coefficient (Wildman–Crippen LogP) is -0.606. The highest BCUT2D eigenvalue weighted by atomic mass is 16.7. The van der Waals surface area contributed by atoms with Gasteiger partial charge in [0.25, 0.3) is 5.91 Å². The number of nitrogens with two attached hydrogens (primary N) is 1. The van der Waals surface area contributed by atoms with Crippen molar-refractivity contribution in [3.63, 3.8) is 0 Å². The molecule has 1 aliphatic rings. The van der Waals surface area contributed by atoms with Gasteiger partial charge in [0.15, 0.2) is 0 Å². The molecule has 92 valence electrons. The fourth-order valence-corrected chi connectivity index (χ4v) is 1.84. The minimum Gasteiger partial charge on any atom is -0.331 e. The van der Waals surface area contributed by atoms with Crippen LogP contribution in [0.5, 0.6) is 0 Å². The van der Waals surface area contributed by atoms with E-state index < -0.39 is 6.04 Å². The lowest BCUT2D eigenvalue weighted by molar-refractivity contribution is -0.149. The van der Waals surface area contributed by atoms with E-state index in [-0.39, 0.29) is 18.4 Å². The standard InChI is InChI=1S/C10H19N3O3/c1-2-13-8(4-3-5-9(13)14)10(15)12-16-7-6-11/h8H,2-7,11H2,1H3,(H,12,15)/t8-/m0/s1. The number of piperidine rings is 1. The predicted molar refractivity (Wildman–Crippen MR) is 58.2 cm³/mol. The SMILES string of the molecule is CCN1C(=O)CCC[C@H]1C(=O)NOCCN. The molecule has 1 aliphatic heterocycles. The van der Waals surface area contributed by atoms with Crippen LogP contribution in [-0.4, -0.2) is 42.5 Å². The Kier molecular flexibility index (Phi) is 5.21. The van der Waals surface area contributed by atoms with Crippen LogP contribution < -0.4 is 11.2 Å². The summed E-state index contributed by atoms with van der Waals surface area (Å²) in [7, 11) is 0. The normalized spacial score (nSPS) is 21.0.